The third-order valence-electron chi connectivity index (χ3n) is 3.59. The minimum absolute atomic E-state index is 0.144. The Morgan fingerprint density at radius 3 is 2.14 bits per heavy atom. The zero-order valence-corrected chi connectivity index (χ0v) is 14.1. The quantitative estimate of drug-likeness (QED) is 0.641. The molecule has 2 atom stereocenters. The van der Waals surface area contributed by atoms with Crippen LogP contribution in [0.2, 0.25) is 0 Å². The van der Waals surface area contributed by atoms with E-state index in [1.165, 1.54) is 5.56 Å². The summed E-state index contributed by atoms with van der Waals surface area (Å²) in [5.41, 5.74) is 1.35. The van der Waals surface area contributed by atoms with Crippen LogP contribution in [0.15, 0.2) is 24.3 Å². The van der Waals surface area contributed by atoms with E-state index in [1.807, 2.05) is 24.3 Å². The van der Waals surface area contributed by atoms with Crippen molar-refractivity contribution in [1.82, 2.24) is 0 Å². The van der Waals surface area contributed by atoms with Gasteiger partial charge in [0.05, 0.1) is 0 Å². The minimum Gasteiger partial charge on any atom is -0.481 e. The molecular weight excluding hydrogens is 280 g/mol. The highest BCUT2D eigenvalue weighted by atomic mass is 16.6. The summed E-state index contributed by atoms with van der Waals surface area (Å²) >= 11 is 0. The van der Waals surface area contributed by atoms with Crippen molar-refractivity contribution in [3.63, 3.8) is 0 Å². The predicted octanol–water partition coefficient (Wildman–Crippen LogP) is 3.79. The Morgan fingerprint density at radius 1 is 1.18 bits per heavy atom. The fraction of sp³-hybridized carbons (Fsp3) is 0.556. The molecule has 0 saturated heterocycles. The van der Waals surface area contributed by atoms with Gasteiger partial charge in [0.25, 0.3) is 0 Å². The van der Waals surface area contributed by atoms with Crippen LogP contribution in [0.1, 0.15) is 58.1 Å². The number of carboxylic acid groups (broad SMARTS) is 1. The molecule has 1 N–H and O–H groups in total. The number of ether oxygens (including phenoxy) is 1. The van der Waals surface area contributed by atoms with Gasteiger partial charge in [-0.15, -0.1) is 0 Å². The van der Waals surface area contributed by atoms with Gasteiger partial charge in [0, 0.05) is 0 Å². The first-order valence-corrected chi connectivity index (χ1v) is 7.68. The van der Waals surface area contributed by atoms with Crippen molar-refractivity contribution in [3.8, 4) is 0 Å². The van der Waals surface area contributed by atoms with Crippen molar-refractivity contribution in [2.75, 3.05) is 0 Å². The maximum absolute atomic E-state index is 12.0. The lowest BCUT2D eigenvalue weighted by atomic mass is 9.94. The number of benzene rings is 1. The third kappa shape index (κ3) is 5.51. The van der Waals surface area contributed by atoms with E-state index in [-0.39, 0.29) is 6.42 Å². The molecule has 1 rings (SSSR count). The third-order valence-corrected chi connectivity index (χ3v) is 3.59. The SMILES string of the molecule is CCC(C)c1ccc(CC(C(=O)O)C(=O)OC(C)(C)C)cc1. The summed E-state index contributed by atoms with van der Waals surface area (Å²) in [4.78, 5) is 23.4. The maximum atomic E-state index is 12.0. The van der Waals surface area contributed by atoms with Crippen LogP contribution >= 0.6 is 0 Å². The molecule has 0 radical (unpaired) electrons. The van der Waals surface area contributed by atoms with E-state index >= 15 is 0 Å². The Kier molecular flexibility index (Phi) is 6.15. The van der Waals surface area contributed by atoms with Crippen LogP contribution in [-0.4, -0.2) is 22.6 Å². The van der Waals surface area contributed by atoms with Crippen LogP contribution in [0, 0.1) is 5.92 Å². The fourth-order valence-electron chi connectivity index (χ4n) is 2.10. The second-order valence-electron chi connectivity index (χ2n) is 6.68. The summed E-state index contributed by atoms with van der Waals surface area (Å²) in [5, 5.41) is 9.28. The van der Waals surface area contributed by atoms with Crippen LogP contribution in [0.5, 0.6) is 0 Å². The summed E-state index contributed by atoms with van der Waals surface area (Å²) in [5.74, 6) is -2.55. The number of carbonyl (C=O) groups excluding carboxylic acids is 1. The Hall–Kier alpha value is -1.84. The predicted molar refractivity (Wildman–Crippen MR) is 85.8 cm³/mol. The molecule has 4 heteroatoms. The van der Waals surface area contributed by atoms with Gasteiger partial charge in [0.1, 0.15) is 5.60 Å². The minimum atomic E-state index is -1.17. The molecule has 2 unspecified atom stereocenters. The van der Waals surface area contributed by atoms with E-state index in [2.05, 4.69) is 13.8 Å². The fourth-order valence-corrected chi connectivity index (χ4v) is 2.10. The van der Waals surface area contributed by atoms with Crippen LogP contribution < -0.4 is 0 Å². The molecule has 4 nitrogen and oxygen atoms in total. The standard InChI is InChI=1S/C18H26O4/c1-6-12(2)14-9-7-13(8-10-14)11-15(16(19)20)17(21)22-18(3,4)5/h7-10,12,15H,6,11H2,1-5H3,(H,19,20). The van der Waals surface area contributed by atoms with Gasteiger partial charge in [-0.25, -0.2) is 0 Å². The topological polar surface area (TPSA) is 63.6 Å². The zero-order chi connectivity index (χ0) is 16.9. The molecule has 0 aliphatic heterocycles. The molecule has 0 saturated carbocycles. The lowest BCUT2D eigenvalue weighted by Crippen LogP contribution is -2.33. The van der Waals surface area contributed by atoms with Crippen molar-refractivity contribution >= 4 is 11.9 Å². The van der Waals surface area contributed by atoms with Gasteiger partial charge in [-0.05, 0) is 50.7 Å². The van der Waals surface area contributed by atoms with Crippen LogP contribution in [0.3, 0.4) is 0 Å². The molecule has 0 heterocycles. The Balaban J connectivity index is 2.83. The zero-order valence-electron chi connectivity index (χ0n) is 14.1. The van der Waals surface area contributed by atoms with Gasteiger partial charge in [0.15, 0.2) is 5.92 Å². The van der Waals surface area contributed by atoms with Crippen LogP contribution in [0.25, 0.3) is 0 Å². The number of hydrogen-bond donors (Lipinski definition) is 1. The van der Waals surface area contributed by atoms with E-state index in [0.717, 1.165) is 12.0 Å². The first-order chi connectivity index (χ1) is 10.1. The van der Waals surface area contributed by atoms with E-state index < -0.39 is 23.5 Å². The molecule has 22 heavy (non-hydrogen) atoms. The molecule has 1 aromatic carbocycles. The van der Waals surface area contributed by atoms with Gasteiger partial charge >= 0.3 is 11.9 Å². The van der Waals surface area contributed by atoms with E-state index in [0.29, 0.717) is 5.92 Å². The first kappa shape index (κ1) is 18.2. The highest BCUT2D eigenvalue weighted by Crippen LogP contribution is 2.21. The Morgan fingerprint density at radius 2 is 1.73 bits per heavy atom. The van der Waals surface area contributed by atoms with Crippen LogP contribution in [-0.2, 0) is 20.7 Å². The second-order valence-corrected chi connectivity index (χ2v) is 6.68. The summed E-state index contributed by atoms with van der Waals surface area (Å²) in [6.45, 7) is 9.46. The molecular formula is C18H26O4. The molecule has 0 aliphatic carbocycles. The van der Waals surface area contributed by atoms with Crippen molar-refractivity contribution in [3.05, 3.63) is 35.4 Å². The van der Waals surface area contributed by atoms with Gasteiger partial charge < -0.3 is 9.84 Å². The summed E-state index contributed by atoms with van der Waals surface area (Å²) in [6.07, 6.45) is 1.19. The smallest absolute Gasteiger partial charge is 0.321 e. The molecule has 122 valence electrons. The van der Waals surface area contributed by atoms with Gasteiger partial charge in [-0.3, -0.25) is 9.59 Å². The molecule has 0 aliphatic rings. The molecule has 0 spiro atoms. The summed E-state index contributed by atoms with van der Waals surface area (Å²) in [7, 11) is 0. The average molecular weight is 306 g/mol. The molecule has 0 amide bonds. The number of carbonyl (C=O) groups is 2. The molecule has 1 aromatic rings. The van der Waals surface area contributed by atoms with E-state index in [1.54, 1.807) is 20.8 Å². The highest BCUT2D eigenvalue weighted by molar-refractivity contribution is 5.94. The van der Waals surface area contributed by atoms with Crippen LogP contribution in [0.4, 0.5) is 0 Å². The van der Waals surface area contributed by atoms with Crippen molar-refractivity contribution < 1.29 is 19.4 Å². The van der Waals surface area contributed by atoms with E-state index in [4.69, 9.17) is 4.74 Å². The first-order valence-electron chi connectivity index (χ1n) is 7.68. The van der Waals surface area contributed by atoms with E-state index in [9.17, 15) is 14.7 Å². The monoisotopic (exact) mass is 306 g/mol. The number of rotatable bonds is 6. The normalized spacial score (nSPS) is 14.2. The number of aliphatic carboxylic acids is 1. The highest BCUT2D eigenvalue weighted by Gasteiger charge is 2.31. The number of hydrogen-bond acceptors (Lipinski definition) is 3. The lowest BCUT2D eigenvalue weighted by molar-refractivity contribution is -0.166. The summed E-state index contributed by atoms with van der Waals surface area (Å²) in [6, 6.07) is 7.78. The lowest BCUT2D eigenvalue weighted by Gasteiger charge is -2.22. The van der Waals surface area contributed by atoms with Crippen molar-refractivity contribution in [2.24, 2.45) is 5.92 Å². The Labute approximate surface area is 132 Å². The second kappa shape index (κ2) is 7.43. The largest absolute Gasteiger partial charge is 0.481 e. The van der Waals surface area contributed by atoms with Gasteiger partial charge in [-0.1, -0.05) is 38.1 Å². The molecule has 0 fully saturated rings. The Bertz CT molecular complexity index is 511. The molecule has 0 aromatic heterocycles. The van der Waals surface area contributed by atoms with Crippen molar-refractivity contribution in [1.29, 1.82) is 0 Å². The van der Waals surface area contributed by atoms with Gasteiger partial charge in [-0.2, -0.15) is 0 Å². The number of esters is 1. The van der Waals surface area contributed by atoms with Gasteiger partial charge in [0.2, 0.25) is 0 Å². The van der Waals surface area contributed by atoms with Crippen molar-refractivity contribution in [2.45, 2.75) is 59.0 Å². The maximum Gasteiger partial charge on any atom is 0.321 e. The molecule has 0 bridgehead atoms. The average Bonchev–Trinajstić information content (AvgIpc) is 2.42. The summed E-state index contributed by atoms with van der Waals surface area (Å²) < 4.78 is 5.19. The number of carboxylic acids is 1.